The number of fused-ring (bicyclic) bond motifs is 1. The Hall–Kier alpha value is -2.73. The highest BCUT2D eigenvalue weighted by atomic mass is 127. The molecule has 0 unspecified atom stereocenters. The molecular weight excluding hydrogens is 727 g/mol. The fourth-order valence-electron chi connectivity index (χ4n) is 4.50. The number of thiazole rings is 1. The lowest BCUT2D eigenvalue weighted by atomic mass is 9.95. The summed E-state index contributed by atoms with van der Waals surface area (Å²) < 4.78 is 15.0. The molecule has 0 N–H and O–H groups in total. The summed E-state index contributed by atoms with van der Waals surface area (Å²) in [4.78, 5) is 32.0. The molecule has 1 aromatic heterocycles. The lowest BCUT2D eigenvalue weighted by Crippen LogP contribution is -2.40. The molecule has 40 heavy (non-hydrogen) atoms. The summed E-state index contributed by atoms with van der Waals surface area (Å²) >= 11 is 13.1. The van der Waals surface area contributed by atoms with Gasteiger partial charge in [0.1, 0.15) is 12.4 Å². The van der Waals surface area contributed by atoms with E-state index >= 15 is 0 Å². The van der Waals surface area contributed by atoms with Crippen molar-refractivity contribution in [2.75, 3.05) is 7.11 Å². The largest absolute Gasteiger partial charge is 0.487 e. The van der Waals surface area contributed by atoms with E-state index in [1.807, 2.05) is 79.7 Å². The molecule has 3 aromatic carbocycles. The first-order chi connectivity index (χ1) is 19.3. The van der Waals surface area contributed by atoms with E-state index < -0.39 is 12.0 Å². The smallest absolute Gasteiger partial charge is 0.338 e. The Morgan fingerprint density at radius 3 is 2.55 bits per heavy atom. The summed E-state index contributed by atoms with van der Waals surface area (Å²) in [6, 6.07) is 20.3. The predicted octanol–water partition coefficient (Wildman–Crippen LogP) is 6.40. The van der Waals surface area contributed by atoms with Gasteiger partial charge in [-0.15, -0.1) is 0 Å². The highest BCUT2D eigenvalue weighted by molar-refractivity contribution is 14.1. The molecule has 204 valence electrons. The summed E-state index contributed by atoms with van der Waals surface area (Å²) in [7, 11) is 1.35. The Kier molecular flexibility index (Phi) is 8.94. The van der Waals surface area contributed by atoms with Gasteiger partial charge in [0.15, 0.2) is 4.80 Å². The average Bonchev–Trinajstić information content (AvgIpc) is 3.26. The van der Waals surface area contributed by atoms with Gasteiger partial charge in [0, 0.05) is 5.02 Å². The molecule has 1 aliphatic heterocycles. The predicted molar refractivity (Wildman–Crippen MR) is 169 cm³/mol. The van der Waals surface area contributed by atoms with Crippen molar-refractivity contribution in [2.24, 2.45) is 4.99 Å². The number of aromatic nitrogens is 1. The van der Waals surface area contributed by atoms with Crippen molar-refractivity contribution in [2.45, 2.75) is 26.0 Å². The maximum Gasteiger partial charge on any atom is 0.338 e. The van der Waals surface area contributed by atoms with Gasteiger partial charge in [-0.3, -0.25) is 9.36 Å². The number of halogens is 3. The summed E-state index contributed by atoms with van der Waals surface area (Å²) in [5.74, 6) is 0.227. The monoisotopic (exact) mass is 748 g/mol. The van der Waals surface area contributed by atoms with Gasteiger partial charge < -0.3 is 9.47 Å². The van der Waals surface area contributed by atoms with Crippen LogP contribution in [0.1, 0.15) is 36.1 Å². The van der Waals surface area contributed by atoms with E-state index in [9.17, 15) is 9.59 Å². The first-order valence-corrected chi connectivity index (χ1v) is 15.4. The summed E-state index contributed by atoms with van der Waals surface area (Å²) in [6.45, 7) is 2.33. The minimum Gasteiger partial charge on any atom is -0.487 e. The van der Waals surface area contributed by atoms with Crippen molar-refractivity contribution >= 4 is 73.5 Å². The van der Waals surface area contributed by atoms with E-state index in [4.69, 9.17) is 26.1 Å². The lowest BCUT2D eigenvalue weighted by molar-refractivity contribution is -0.136. The Balaban J connectivity index is 1.56. The van der Waals surface area contributed by atoms with Crippen LogP contribution < -0.4 is 19.6 Å². The van der Waals surface area contributed by atoms with Crippen LogP contribution in [-0.4, -0.2) is 17.6 Å². The van der Waals surface area contributed by atoms with Gasteiger partial charge in [0.05, 0.1) is 37.0 Å². The first-order valence-electron chi connectivity index (χ1n) is 12.3. The van der Waals surface area contributed by atoms with Crippen LogP contribution in [0.15, 0.2) is 92.3 Å². The maximum atomic E-state index is 13.8. The normalized spacial score (nSPS) is 15.0. The maximum absolute atomic E-state index is 13.8. The number of methoxy groups -OCH3 is 1. The number of rotatable bonds is 7. The molecule has 0 aliphatic carbocycles. The number of carbonyl (C=O) groups is 1. The van der Waals surface area contributed by atoms with Crippen molar-refractivity contribution in [1.82, 2.24) is 4.57 Å². The Morgan fingerprint density at radius 1 is 1.18 bits per heavy atom. The highest BCUT2D eigenvalue weighted by Gasteiger charge is 2.33. The second kappa shape index (κ2) is 12.4. The quantitative estimate of drug-likeness (QED) is 0.162. The van der Waals surface area contributed by atoms with Crippen LogP contribution >= 0.6 is 61.5 Å². The van der Waals surface area contributed by atoms with Crippen molar-refractivity contribution in [3.05, 3.63) is 127 Å². The molecule has 2 heterocycles. The van der Waals surface area contributed by atoms with Crippen LogP contribution in [0.5, 0.6) is 5.75 Å². The highest BCUT2D eigenvalue weighted by Crippen LogP contribution is 2.34. The van der Waals surface area contributed by atoms with Gasteiger partial charge in [0.25, 0.3) is 5.56 Å². The Bertz CT molecular complexity index is 1780. The second-order valence-corrected chi connectivity index (χ2v) is 12.4. The number of nitrogens with zero attached hydrogens (tertiary/aromatic N) is 2. The number of esters is 1. The van der Waals surface area contributed by atoms with Crippen LogP contribution in [0.25, 0.3) is 6.08 Å². The molecule has 5 rings (SSSR count). The van der Waals surface area contributed by atoms with E-state index in [0.29, 0.717) is 44.4 Å². The van der Waals surface area contributed by atoms with Crippen molar-refractivity contribution in [3.8, 4) is 5.75 Å². The molecule has 0 bridgehead atoms. The molecule has 1 atom stereocenters. The van der Waals surface area contributed by atoms with Gasteiger partial charge in [-0.25, -0.2) is 9.79 Å². The fraction of sp³-hybridized carbons (Fsp3) is 0.167. The molecule has 0 fully saturated rings. The zero-order valence-electron chi connectivity index (χ0n) is 21.5. The van der Waals surface area contributed by atoms with Gasteiger partial charge in [-0.05, 0) is 92.0 Å². The standard InChI is InChI=1S/C30H23BrClIN2O4S/c1-3-23-25(29(37)38-2)26(19-7-5-4-6-8-19)35-28(36)24(40-30(35)34-23)15-18-13-21(31)27(22(33)14-18)39-16-17-9-11-20(32)12-10-17/h4-15,26H,3,16H2,1-2H3/b24-15-/t26-/m0/s1. The molecule has 4 aromatic rings. The average molecular weight is 750 g/mol. The number of benzene rings is 3. The van der Waals surface area contributed by atoms with E-state index in [1.165, 1.54) is 18.4 Å². The van der Waals surface area contributed by atoms with Crippen LogP contribution in [0, 0.1) is 3.57 Å². The zero-order valence-corrected chi connectivity index (χ0v) is 26.8. The second-order valence-electron chi connectivity index (χ2n) is 8.93. The minimum absolute atomic E-state index is 0.219. The van der Waals surface area contributed by atoms with Crippen molar-refractivity contribution in [3.63, 3.8) is 0 Å². The van der Waals surface area contributed by atoms with Crippen LogP contribution in [0.3, 0.4) is 0 Å². The van der Waals surface area contributed by atoms with E-state index in [1.54, 1.807) is 4.57 Å². The SMILES string of the molecule is CCC1=C(C(=O)OC)[C@H](c2ccccc2)n2c(s/c(=C\c3cc(Br)c(OCc4ccc(Cl)cc4)c(I)c3)c2=O)=N1. The molecule has 6 nitrogen and oxygen atoms in total. The summed E-state index contributed by atoms with van der Waals surface area (Å²) in [5.41, 5.74) is 3.43. The number of allylic oxidation sites excluding steroid dienone is 1. The number of carbonyl (C=O) groups excluding carboxylic acids is 1. The third-order valence-corrected chi connectivity index (χ3v) is 9.01. The molecule has 0 saturated heterocycles. The van der Waals surface area contributed by atoms with Gasteiger partial charge in [0.2, 0.25) is 0 Å². The number of hydrogen-bond acceptors (Lipinski definition) is 6. The Morgan fingerprint density at radius 2 is 1.90 bits per heavy atom. The molecule has 1 aliphatic rings. The summed E-state index contributed by atoms with van der Waals surface area (Å²) in [5, 5.41) is 0.677. The van der Waals surface area contributed by atoms with Gasteiger partial charge in [-0.1, -0.05) is 72.3 Å². The topological polar surface area (TPSA) is 69.9 Å². The van der Waals surface area contributed by atoms with Crippen LogP contribution in [0.2, 0.25) is 5.02 Å². The van der Waals surface area contributed by atoms with Crippen molar-refractivity contribution < 1.29 is 14.3 Å². The third-order valence-electron chi connectivity index (χ3n) is 6.38. The molecule has 0 saturated carbocycles. The minimum atomic E-state index is -0.627. The van der Waals surface area contributed by atoms with Crippen LogP contribution in [-0.2, 0) is 16.1 Å². The molecule has 0 spiro atoms. The fourth-order valence-corrected chi connectivity index (χ4v) is 7.42. The van der Waals surface area contributed by atoms with E-state index in [0.717, 1.165) is 24.7 Å². The van der Waals surface area contributed by atoms with Gasteiger partial charge >= 0.3 is 5.97 Å². The van der Waals surface area contributed by atoms with Crippen LogP contribution in [0.4, 0.5) is 0 Å². The van der Waals surface area contributed by atoms with Gasteiger partial charge in [-0.2, -0.15) is 0 Å². The molecular formula is C30H23BrClIN2O4S. The van der Waals surface area contributed by atoms with E-state index in [2.05, 4.69) is 38.5 Å². The summed E-state index contributed by atoms with van der Waals surface area (Å²) in [6.07, 6.45) is 2.37. The third kappa shape index (κ3) is 5.83. The number of hydrogen-bond donors (Lipinski definition) is 0. The zero-order chi connectivity index (χ0) is 28.4. The van der Waals surface area contributed by atoms with Crippen molar-refractivity contribution in [1.29, 1.82) is 0 Å². The first kappa shape index (κ1) is 28.8. The molecule has 0 amide bonds. The lowest BCUT2D eigenvalue weighted by Gasteiger charge is -2.25. The number of ether oxygens (including phenoxy) is 2. The molecule has 10 heteroatoms. The Labute approximate surface area is 261 Å². The molecule has 0 radical (unpaired) electrons. The van der Waals surface area contributed by atoms with E-state index in [-0.39, 0.29) is 5.56 Å².